The van der Waals surface area contributed by atoms with Crippen LogP contribution in [0.4, 0.5) is 0 Å². The van der Waals surface area contributed by atoms with Crippen molar-refractivity contribution in [1.29, 1.82) is 0 Å². The zero-order chi connectivity index (χ0) is 13.1. The maximum Gasteiger partial charge on any atom is 0.257 e. The summed E-state index contributed by atoms with van der Waals surface area (Å²) in [6, 6.07) is 0.331. The molecule has 0 spiro atoms. The van der Waals surface area contributed by atoms with Gasteiger partial charge in [0.1, 0.15) is 0 Å². The van der Waals surface area contributed by atoms with Crippen LogP contribution in [0.3, 0.4) is 0 Å². The lowest BCUT2D eigenvalue weighted by molar-refractivity contribution is 0.0691. The van der Waals surface area contributed by atoms with Crippen molar-refractivity contribution in [2.75, 3.05) is 19.6 Å². The lowest BCUT2D eigenvalue weighted by atomic mass is 10.1. The number of carbonyl (C=O) groups excluding carboxylic acids is 1. The molecule has 1 aliphatic rings. The number of aromatic nitrogens is 2. The number of nitrogens with zero attached hydrogens (tertiary/aromatic N) is 3. The minimum Gasteiger partial charge on any atom is -0.334 e. The molecule has 1 N–H and O–H groups in total. The highest BCUT2D eigenvalue weighted by atomic mass is 35.5. The van der Waals surface area contributed by atoms with Gasteiger partial charge in [-0.2, -0.15) is 5.10 Å². The van der Waals surface area contributed by atoms with E-state index in [0.29, 0.717) is 6.04 Å². The third kappa shape index (κ3) is 3.28. The van der Waals surface area contributed by atoms with Crippen molar-refractivity contribution >= 4 is 18.3 Å². The van der Waals surface area contributed by atoms with Gasteiger partial charge in [-0.15, -0.1) is 12.4 Å². The Morgan fingerprint density at radius 3 is 2.84 bits per heavy atom. The van der Waals surface area contributed by atoms with Crippen molar-refractivity contribution in [1.82, 2.24) is 20.0 Å². The molecule has 0 radical (unpaired) electrons. The van der Waals surface area contributed by atoms with Crippen molar-refractivity contribution < 1.29 is 4.79 Å². The fraction of sp³-hybridized carbons (Fsp3) is 0.692. The van der Waals surface area contributed by atoms with Crippen LogP contribution in [0.5, 0.6) is 0 Å². The first-order chi connectivity index (χ1) is 8.65. The number of rotatable bonds is 4. The van der Waals surface area contributed by atoms with E-state index in [-0.39, 0.29) is 18.3 Å². The molecule has 1 aromatic rings. The van der Waals surface area contributed by atoms with Gasteiger partial charge >= 0.3 is 0 Å². The molecule has 2 heterocycles. The Hall–Kier alpha value is -1.07. The number of aryl methyl sites for hydroxylation is 1. The second-order valence-corrected chi connectivity index (χ2v) is 4.91. The van der Waals surface area contributed by atoms with Gasteiger partial charge in [0.05, 0.1) is 11.8 Å². The van der Waals surface area contributed by atoms with Gasteiger partial charge in [-0.1, -0.05) is 6.92 Å². The van der Waals surface area contributed by atoms with Crippen LogP contribution in [-0.4, -0.2) is 46.3 Å². The van der Waals surface area contributed by atoms with Crippen molar-refractivity contribution in [3.8, 4) is 0 Å². The van der Waals surface area contributed by atoms with E-state index in [1.54, 1.807) is 10.9 Å². The molecular weight excluding hydrogens is 264 g/mol. The highest BCUT2D eigenvalue weighted by Gasteiger charge is 2.28. The lowest BCUT2D eigenvalue weighted by Crippen LogP contribution is -2.42. The molecule has 19 heavy (non-hydrogen) atoms. The molecule has 5 nitrogen and oxygen atoms in total. The zero-order valence-corrected chi connectivity index (χ0v) is 12.7. The summed E-state index contributed by atoms with van der Waals surface area (Å²) >= 11 is 0. The monoisotopic (exact) mass is 286 g/mol. The number of hydrogen-bond acceptors (Lipinski definition) is 3. The van der Waals surface area contributed by atoms with E-state index in [1.807, 2.05) is 18.9 Å². The maximum atomic E-state index is 12.6. The average molecular weight is 287 g/mol. The van der Waals surface area contributed by atoms with Gasteiger partial charge in [0.15, 0.2) is 0 Å². The SMILES string of the molecule is CCCN(C(=O)c1cnn(C)c1C)C1CCNC1.Cl. The number of nitrogens with one attached hydrogen (secondary N) is 1. The number of amides is 1. The van der Waals surface area contributed by atoms with E-state index in [1.165, 1.54) is 0 Å². The molecule has 1 amide bonds. The molecule has 1 atom stereocenters. The van der Waals surface area contributed by atoms with Crippen LogP contribution < -0.4 is 5.32 Å². The van der Waals surface area contributed by atoms with E-state index >= 15 is 0 Å². The molecule has 108 valence electrons. The van der Waals surface area contributed by atoms with Gasteiger partial charge in [0.2, 0.25) is 0 Å². The van der Waals surface area contributed by atoms with Crippen molar-refractivity contribution in [3.63, 3.8) is 0 Å². The summed E-state index contributed by atoms with van der Waals surface area (Å²) in [6.07, 6.45) is 3.72. The van der Waals surface area contributed by atoms with Crippen molar-refractivity contribution in [3.05, 3.63) is 17.5 Å². The van der Waals surface area contributed by atoms with Crippen LogP contribution in [0.1, 0.15) is 35.8 Å². The quantitative estimate of drug-likeness (QED) is 0.909. The molecule has 0 bridgehead atoms. The highest BCUT2D eigenvalue weighted by molar-refractivity contribution is 5.95. The second-order valence-electron chi connectivity index (χ2n) is 4.91. The molecule has 1 aliphatic heterocycles. The molecule has 1 saturated heterocycles. The summed E-state index contributed by atoms with van der Waals surface area (Å²) < 4.78 is 1.75. The van der Waals surface area contributed by atoms with Crippen LogP contribution in [0.15, 0.2) is 6.20 Å². The van der Waals surface area contributed by atoms with Crippen molar-refractivity contribution in [2.24, 2.45) is 7.05 Å². The predicted molar refractivity (Wildman–Crippen MR) is 77.8 cm³/mol. The first kappa shape index (κ1) is 16.0. The summed E-state index contributed by atoms with van der Waals surface area (Å²) in [4.78, 5) is 14.6. The van der Waals surface area contributed by atoms with Gasteiger partial charge in [0, 0.05) is 31.9 Å². The smallest absolute Gasteiger partial charge is 0.257 e. The summed E-state index contributed by atoms with van der Waals surface area (Å²) in [5.41, 5.74) is 1.67. The van der Waals surface area contributed by atoms with Gasteiger partial charge in [-0.3, -0.25) is 9.48 Å². The Labute approximate surface area is 120 Å². The summed E-state index contributed by atoms with van der Waals surface area (Å²) in [7, 11) is 1.87. The summed E-state index contributed by atoms with van der Waals surface area (Å²) in [6.45, 7) is 6.78. The number of halogens is 1. The fourth-order valence-electron chi connectivity index (χ4n) is 2.46. The van der Waals surface area contributed by atoms with E-state index in [4.69, 9.17) is 0 Å². The zero-order valence-electron chi connectivity index (χ0n) is 11.8. The Bertz CT molecular complexity index is 426. The van der Waals surface area contributed by atoms with E-state index in [0.717, 1.165) is 43.7 Å². The second kappa shape index (κ2) is 6.91. The minimum atomic E-state index is 0. The number of carbonyl (C=O) groups is 1. The molecule has 1 aromatic heterocycles. The normalized spacial score (nSPS) is 18.2. The molecule has 6 heteroatoms. The van der Waals surface area contributed by atoms with Crippen LogP contribution in [0.2, 0.25) is 0 Å². The first-order valence-electron chi connectivity index (χ1n) is 6.65. The van der Waals surface area contributed by atoms with Gasteiger partial charge in [-0.05, 0) is 26.3 Å². The van der Waals surface area contributed by atoms with E-state index < -0.39 is 0 Å². The minimum absolute atomic E-state index is 0. The Kier molecular flexibility index (Phi) is 5.82. The van der Waals surface area contributed by atoms with Gasteiger partial charge in [0.25, 0.3) is 5.91 Å². The maximum absolute atomic E-state index is 12.6. The average Bonchev–Trinajstić information content (AvgIpc) is 2.98. The Morgan fingerprint density at radius 2 is 2.37 bits per heavy atom. The predicted octanol–water partition coefficient (Wildman–Crippen LogP) is 1.36. The highest BCUT2D eigenvalue weighted by Crippen LogP contribution is 2.16. The Morgan fingerprint density at radius 1 is 1.63 bits per heavy atom. The third-order valence-electron chi connectivity index (χ3n) is 3.67. The van der Waals surface area contributed by atoms with Gasteiger partial charge < -0.3 is 10.2 Å². The van der Waals surface area contributed by atoms with Crippen LogP contribution in [-0.2, 0) is 7.05 Å². The Balaban J connectivity index is 0.00000180. The largest absolute Gasteiger partial charge is 0.334 e. The summed E-state index contributed by atoms with van der Waals surface area (Å²) in [5, 5.41) is 7.48. The summed E-state index contributed by atoms with van der Waals surface area (Å²) in [5.74, 6) is 0.121. The standard InChI is InChI=1S/C13H22N4O.ClH/c1-4-7-17(11-5-6-14-8-11)13(18)12-9-15-16(3)10(12)2;/h9,11,14H,4-8H2,1-3H3;1H. The van der Waals surface area contributed by atoms with Crippen LogP contribution in [0.25, 0.3) is 0 Å². The fourth-order valence-corrected chi connectivity index (χ4v) is 2.46. The molecule has 0 aliphatic carbocycles. The molecular formula is C13H23ClN4O. The van der Waals surface area contributed by atoms with Gasteiger partial charge in [-0.25, -0.2) is 0 Å². The molecule has 0 saturated carbocycles. The topological polar surface area (TPSA) is 50.2 Å². The lowest BCUT2D eigenvalue weighted by Gasteiger charge is -2.28. The number of hydrogen-bond donors (Lipinski definition) is 1. The molecule has 1 unspecified atom stereocenters. The van der Waals surface area contributed by atoms with Crippen molar-refractivity contribution in [2.45, 2.75) is 32.7 Å². The van der Waals surface area contributed by atoms with E-state index in [2.05, 4.69) is 17.3 Å². The van der Waals surface area contributed by atoms with Crippen LogP contribution in [0, 0.1) is 6.92 Å². The van der Waals surface area contributed by atoms with E-state index in [9.17, 15) is 4.79 Å². The molecule has 2 rings (SSSR count). The molecule has 1 fully saturated rings. The first-order valence-corrected chi connectivity index (χ1v) is 6.65. The molecule has 0 aromatic carbocycles. The van der Waals surface area contributed by atoms with Crippen LogP contribution >= 0.6 is 12.4 Å². The third-order valence-corrected chi connectivity index (χ3v) is 3.67.